The highest BCUT2D eigenvalue weighted by Crippen LogP contribution is 2.31. The highest BCUT2D eigenvalue weighted by atomic mass is 32.2. The number of fused-ring (bicyclic) bond motifs is 1. The van der Waals surface area contributed by atoms with Crippen molar-refractivity contribution in [2.45, 2.75) is 12.1 Å². The first-order chi connectivity index (χ1) is 10.3. The lowest BCUT2D eigenvalue weighted by molar-refractivity contribution is 0.593. The number of nitrogens with two attached hydrogens (primary N) is 1. The maximum absolute atomic E-state index is 11.8. The molecule has 8 heteroatoms. The molecule has 0 spiro atoms. The van der Waals surface area contributed by atoms with Crippen LogP contribution in [0.15, 0.2) is 29.4 Å². The fourth-order valence-corrected chi connectivity index (χ4v) is 2.77. The van der Waals surface area contributed by atoms with Gasteiger partial charge in [-0.05, 0) is 13.0 Å². The van der Waals surface area contributed by atoms with Gasteiger partial charge in [0.15, 0.2) is 5.65 Å². The fraction of sp³-hybridized carbons (Fsp3) is 0.214. The van der Waals surface area contributed by atoms with E-state index in [0.717, 1.165) is 17.4 Å². The van der Waals surface area contributed by atoms with Crippen molar-refractivity contribution in [3.8, 4) is 11.3 Å². The molecule has 0 aliphatic carbocycles. The monoisotopic (exact) mass is 317 g/mol. The van der Waals surface area contributed by atoms with Crippen LogP contribution >= 0.6 is 0 Å². The molecule has 2 heterocycles. The van der Waals surface area contributed by atoms with E-state index in [1.165, 1.54) is 4.68 Å². The van der Waals surface area contributed by atoms with Crippen LogP contribution in [0.5, 0.6) is 0 Å². The van der Waals surface area contributed by atoms with E-state index in [9.17, 15) is 8.42 Å². The molecule has 0 saturated heterocycles. The number of rotatable bonds is 2. The predicted molar refractivity (Wildman–Crippen MR) is 84.0 cm³/mol. The number of nitrogens with zero attached hydrogens (tertiary/aromatic N) is 4. The van der Waals surface area contributed by atoms with Gasteiger partial charge in [-0.25, -0.2) is 13.4 Å². The Balaban J connectivity index is 2.45. The Morgan fingerprint density at radius 3 is 2.59 bits per heavy atom. The summed E-state index contributed by atoms with van der Waals surface area (Å²) in [4.78, 5) is 8.25. The third-order valence-corrected chi connectivity index (χ3v) is 4.19. The van der Waals surface area contributed by atoms with Gasteiger partial charge in [0.1, 0.15) is 5.82 Å². The summed E-state index contributed by atoms with van der Waals surface area (Å²) in [5, 5.41) is 4.47. The third-order valence-electron chi connectivity index (χ3n) is 3.34. The number of benzene rings is 1. The quantitative estimate of drug-likeness (QED) is 0.715. The molecular formula is C14H15N5O2S. The molecule has 0 radical (unpaired) electrons. The average molecular weight is 317 g/mol. The van der Waals surface area contributed by atoms with Crippen LogP contribution in [0.2, 0.25) is 0 Å². The van der Waals surface area contributed by atoms with Crippen LogP contribution in [0.25, 0.3) is 22.3 Å². The number of nitrogen functional groups attached to an aromatic ring is 1. The highest BCUT2D eigenvalue weighted by Gasteiger charge is 2.21. The van der Waals surface area contributed by atoms with E-state index >= 15 is 0 Å². The van der Waals surface area contributed by atoms with Crippen LogP contribution in [0.3, 0.4) is 0 Å². The van der Waals surface area contributed by atoms with E-state index in [0.29, 0.717) is 16.9 Å². The Morgan fingerprint density at radius 1 is 1.23 bits per heavy atom. The standard InChI is InChI=1S/C14H15N5O2S/c1-8-5-4-6-9(7-8)11-10-12(15)19(2)18-13(10)17-14(16-11)22(3,20)21/h4-7H,15H2,1-3H3. The molecule has 22 heavy (non-hydrogen) atoms. The minimum Gasteiger partial charge on any atom is -0.383 e. The number of anilines is 1. The van der Waals surface area contributed by atoms with Crippen LogP contribution in [0, 0.1) is 6.92 Å². The summed E-state index contributed by atoms with van der Waals surface area (Å²) in [6.07, 6.45) is 1.07. The average Bonchev–Trinajstić information content (AvgIpc) is 2.72. The van der Waals surface area contributed by atoms with Crippen LogP contribution in [-0.4, -0.2) is 34.4 Å². The summed E-state index contributed by atoms with van der Waals surface area (Å²) in [5.41, 5.74) is 8.60. The Hall–Kier alpha value is -2.48. The van der Waals surface area contributed by atoms with E-state index in [1.54, 1.807) is 7.05 Å². The van der Waals surface area contributed by atoms with E-state index in [2.05, 4.69) is 15.1 Å². The van der Waals surface area contributed by atoms with E-state index < -0.39 is 9.84 Å². The Kier molecular flexibility index (Phi) is 3.13. The molecule has 3 rings (SSSR count). The van der Waals surface area contributed by atoms with Crippen LogP contribution in [0.1, 0.15) is 5.56 Å². The first-order valence-electron chi connectivity index (χ1n) is 6.54. The molecule has 7 nitrogen and oxygen atoms in total. The molecule has 0 fully saturated rings. The van der Waals surface area contributed by atoms with Gasteiger partial charge in [0.2, 0.25) is 15.0 Å². The predicted octanol–water partition coefficient (Wildman–Crippen LogP) is 1.32. The maximum atomic E-state index is 11.8. The molecule has 0 aliphatic rings. The zero-order valence-electron chi connectivity index (χ0n) is 12.4. The molecule has 0 saturated carbocycles. The Labute approximate surface area is 127 Å². The van der Waals surface area contributed by atoms with Crippen LogP contribution in [0.4, 0.5) is 5.82 Å². The molecule has 114 valence electrons. The van der Waals surface area contributed by atoms with Crippen molar-refractivity contribution in [2.24, 2.45) is 7.05 Å². The number of hydrogen-bond donors (Lipinski definition) is 1. The van der Waals surface area contributed by atoms with Crippen LogP contribution in [-0.2, 0) is 16.9 Å². The van der Waals surface area contributed by atoms with Gasteiger partial charge >= 0.3 is 0 Å². The van der Waals surface area contributed by atoms with Gasteiger partial charge in [-0.2, -0.15) is 10.1 Å². The van der Waals surface area contributed by atoms with Gasteiger partial charge in [-0.15, -0.1) is 0 Å². The van der Waals surface area contributed by atoms with Gasteiger partial charge in [-0.3, -0.25) is 4.68 Å². The molecule has 2 aromatic heterocycles. The molecule has 2 N–H and O–H groups in total. The first kappa shape index (κ1) is 14.5. The second-order valence-corrected chi connectivity index (χ2v) is 7.11. The van der Waals surface area contributed by atoms with Crippen molar-refractivity contribution in [1.29, 1.82) is 0 Å². The molecule has 0 bridgehead atoms. The molecule has 0 unspecified atom stereocenters. The minimum atomic E-state index is -3.55. The van der Waals surface area contributed by atoms with Crippen molar-refractivity contribution in [1.82, 2.24) is 19.7 Å². The Morgan fingerprint density at radius 2 is 1.95 bits per heavy atom. The van der Waals surface area contributed by atoms with Crippen molar-refractivity contribution in [2.75, 3.05) is 12.0 Å². The van der Waals surface area contributed by atoms with Gasteiger partial charge < -0.3 is 5.73 Å². The second-order valence-electron chi connectivity index (χ2n) is 5.20. The zero-order valence-corrected chi connectivity index (χ0v) is 13.2. The first-order valence-corrected chi connectivity index (χ1v) is 8.44. The second kappa shape index (κ2) is 4.77. The van der Waals surface area contributed by atoms with Crippen molar-refractivity contribution in [3.63, 3.8) is 0 Å². The number of aromatic nitrogens is 4. The van der Waals surface area contributed by atoms with Gasteiger partial charge in [-0.1, -0.05) is 23.8 Å². The molecule has 1 aromatic carbocycles. The van der Waals surface area contributed by atoms with Crippen molar-refractivity contribution >= 4 is 26.7 Å². The third kappa shape index (κ3) is 2.31. The number of aryl methyl sites for hydroxylation is 2. The van der Waals surface area contributed by atoms with E-state index in [-0.39, 0.29) is 10.8 Å². The van der Waals surface area contributed by atoms with E-state index in [1.807, 2.05) is 31.2 Å². The maximum Gasteiger partial charge on any atom is 0.249 e. The lowest BCUT2D eigenvalue weighted by atomic mass is 10.1. The minimum absolute atomic E-state index is 0.255. The van der Waals surface area contributed by atoms with Gasteiger partial charge in [0.05, 0.1) is 11.1 Å². The highest BCUT2D eigenvalue weighted by molar-refractivity contribution is 7.90. The fourth-order valence-electron chi connectivity index (χ4n) is 2.26. The molecule has 0 aliphatic heterocycles. The normalized spacial score (nSPS) is 12.0. The number of hydrogen-bond acceptors (Lipinski definition) is 6. The summed E-state index contributed by atoms with van der Waals surface area (Å²) < 4.78 is 25.1. The lowest BCUT2D eigenvalue weighted by Crippen LogP contribution is -2.06. The summed E-state index contributed by atoms with van der Waals surface area (Å²) in [6, 6.07) is 7.60. The van der Waals surface area contributed by atoms with Gasteiger partial charge in [0.25, 0.3) is 0 Å². The van der Waals surface area contributed by atoms with E-state index in [4.69, 9.17) is 5.73 Å². The zero-order chi connectivity index (χ0) is 16.1. The molecule has 3 aromatic rings. The summed E-state index contributed by atoms with van der Waals surface area (Å²) in [7, 11) is -1.87. The lowest BCUT2D eigenvalue weighted by Gasteiger charge is -2.06. The van der Waals surface area contributed by atoms with Crippen LogP contribution < -0.4 is 5.73 Å². The summed E-state index contributed by atoms with van der Waals surface area (Å²) >= 11 is 0. The molecule has 0 amide bonds. The summed E-state index contributed by atoms with van der Waals surface area (Å²) in [5.74, 6) is 0.395. The largest absolute Gasteiger partial charge is 0.383 e. The molecular weight excluding hydrogens is 302 g/mol. The number of sulfone groups is 1. The smallest absolute Gasteiger partial charge is 0.249 e. The van der Waals surface area contributed by atoms with Crippen molar-refractivity contribution in [3.05, 3.63) is 29.8 Å². The Bertz CT molecular complexity index is 992. The van der Waals surface area contributed by atoms with Gasteiger partial charge in [0, 0.05) is 18.9 Å². The molecule has 0 atom stereocenters. The SMILES string of the molecule is Cc1cccc(-c2nc(S(C)(=O)=O)nc3nn(C)c(N)c23)c1. The summed E-state index contributed by atoms with van der Waals surface area (Å²) in [6.45, 7) is 1.95. The van der Waals surface area contributed by atoms with Crippen molar-refractivity contribution < 1.29 is 8.42 Å². The topological polar surface area (TPSA) is 104 Å².